The number of halogens is 1. The number of benzene rings is 1. The van der Waals surface area contributed by atoms with E-state index in [1.165, 1.54) is 18.2 Å². The van der Waals surface area contributed by atoms with Crippen molar-refractivity contribution in [2.24, 2.45) is 0 Å². The fourth-order valence-electron chi connectivity index (χ4n) is 0.841. The monoisotopic (exact) mass is 186 g/mol. The van der Waals surface area contributed by atoms with Gasteiger partial charge < -0.3 is 10.2 Å². The number of aliphatic hydroxyl groups is 1. The quantitative estimate of drug-likeness (QED) is 0.695. The van der Waals surface area contributed by atoms with Gasteiger partial charge in [-0.3, -0.25) is 0 Å². The zero-order valence-electron chi connectivity index (χ0n) is 6.12. The number of thiocarbonyl (C=S) groups is 1. The van der Waals surface area contributed by atoms with Crippen LogP contribution >= 0.6 is 12.2 Å². The highest BCUT2D eigenvalue weighted by Crippen LogP contribution is 2.19. The first-order valence-corrected chi connectivity index (χ1v) is 3.67. The van der Waals surface area contributed by atoms with Crippen LogP contribution in [0.3, 0.4) is 0 Å². The summed E-state index contributed by atoms with van der Waals surface area (Å²) in [4.78, 5) is 0. The summed E-state index contributed by atoms with van der Waals surface area (Å²) in [6.45, 7) is -0.647. The Kier molecular flexibility index (Phi) is 2.60. The van der Waals surface area contributed by atoms with Gasteiger partial charge in [0.2, 0.25) is 0 Å². The number of phenols is 1. The van der Waals surface area contributed by atoms with Crippen molar-refractivity contribution in [1.82, 2.24) is 0 Å². The molecule has 2 N–H and O–H groups in total. The zero-order valence-corrected chi connectivity index (χ0v) is 6.94. The van der Waals surface area contributed by atoms with Gasteiger partial charge in [-0.25, -0.2) is 4.39 Å². The Labute approximate surface area is 74.3 Å². The first-order chi connectivity index (χ1) is 5.65. The highest BCUT2D eigenvalue weighted by Gasteiger charge is 2.05. The van der Waals surface area contributed by atoms with Gasteiger partial charge in [-0.2, -0.15) is 0 Å². The summed E-state index contributed by atoms with van der Waals surface area (Å²) >= 11 is 4.43. The van der Waals surface area contributed by atoms with Crippen molar-refractivity contribution in [3.63, 3.8) is 0 Å². The van der Waals surface area contributed by atoms with E-state index in [4.69, 9.17) is 5.11 Å². The van der Waals surface area contributed by atoms with Crippen LogP contribution in [0, 0.1) is 0 Å². The number of rotatable bonds is 2. The lowest BCUT2D eigenvalue weighted by Gasteiger charge is -2.01. The van der Waals surface area contributed by atoms with Crippen LogP contribution in [-0.4, -0.2) is 15.3 Å². The Morgan fingerprint density at radius 2 is 2.17 bits per heavy atom. The SMILES string of the molecule is OC(=S)c1ccc(CF)cc1O. The predicted molar refractivity (Wildman–Crippen MR) is 47.2 cm³/mol. The summed E-state index contributed by atoms with van der Waals surface area (Å²) in [7, 11) is 0. The Bertz CT molecular complexity index is 312. The average molecular weight is 186 g/mol. The molecule has 0 unspecified atom stereocenters. The van der Waals surface area contributed by atoms with E-state index in [0.717, 1.165) is 0 Å². The molecular formula is C8H7FO2S. The third kappa shape index (κ3) is 1.71. The lowest BCUT2D eigenvalue weighted by Crippen LogP contribution is -1.95. The predicted octanol–water partition coefficient (Wildman–Crippen LogP) is 2.10. The number of phenolic OH excluding ortho intramolecular Hbond substituents is 1. The number of hydrogen-bond donors (Lipinski definition) is 2. The van der Waals surface area contributed by atoms with Crippen LogP contribution in [0.15, 0.2) is 18.2 Å². The fourth-order valence-corrected chi connectivity index (χ4v) is 1.01. The number of hydrogen-bond acceptors (Lipinski definition) is 2. The van der Waals surface area contributed by atoms with Gasteiger partial charge >= 0.3 is 0 Å². The Morgan fingerprint density at radius 1 is 1.50 bits per heavy atom. The van der Waals surface area contributed by atoms with E-state index in [-0.39, 0.29) is 11.3 Å². The van der Waals surface area contributed by atoms with Crippen LogP contribution in [0.25, 0.3) is 0 Å². The largest absolute Gasteiger partial charge is 0.507 e. The van der Waals surface area contributed by atoms with E-state index in [1.54, 1.807) is 0 Å². The topological polar surface area (TPSA) is 40.5 Å². The van der Waals surface area contributed by atoms with Gasteiger partial charge in [-0.05, 0) is 29.9 Å². The number of aromatic hydroxyl groups is 1. The molecule has 2 nitrogen and oxygen atoms in total. The molecule has 0 aromatic heterocycles. The maximum Gasteiger partial charge on any atom is 0.192 e. The van der Waals surface area contributed by atoms with Crippen LogP contribution in [0.1, 0.15) is 11.1 Å². The molecule has 0 spiro atoms. The van der Waals surface area contributed by atoms with Crippen molar-refractivity contribution in [1.29, 1.82) is 0 Å². The molecule has 12 heavy (non-hydrogen) atoms. The van der Waals surface area contributed by atoms with Gasteiger partial charge in [0.25, 0.3) is 0 Å². The molecule has 0 heterocycles. The zero-order chi connectivity index (χ0) is 9.14. The summed E-state index contributed by atoms with van der Waals surface area (Å²) in [5, 5.41) is 17.6. The third-order valence-corrected chi connectivity index (χ3v) is 1.67. The van der Waals surface area contributed by atoms with E-state index >= 15 is 0 Å². The summed E-state index contributed by atoms with van der Waals surface area (Å²) in [6.07, 6.45) is 0. The van der Waals surface area contributed by atoms with Gasteiger partial charge in [-0.15, -0.1) is 0 Å². The average Bonchev–Trinajstić information content (AvgIpc) is 2.03. The molecule has 0 amide bonds. The Morgan fingerprint density at radius 3 is 2.58 bits per heavy atom. The molecule has 0 bridgehead atoms. The lowest BCUT2D eigenvalue weighted by molar-refractivity contribution is 0.459. The van der Waals surface area contributed by atoms with E-state index in [1.807, 2.05) is 0 Å². The second-order valence-corrected chi connectivity index (χ2v) is 2.68. The highest BCUT2D eigenvalue weighted by molar-refractivity contribution is 7.80. The lowest BCUT2D eigenvalue weighted by atomic mass is 10.1. The molecule has 0 atom stereocenters. The molecule has 64 valence electrons. The minimum Gasteiger partial charge on any atom is -0.507 e. The van der Waals surface area contributed by atoms with Crippen molar-refractivity contribution in [3.05, 3.63) is 29.3 Å². The van der Waals surface area contributed by atoms with E-state index in [0.29, 0.717) is 5.56 Å². The maximum absolute atomic E-state index is 12.0. The first-order valence-electron chi connectivity index (χ1n) is 3.26. The van der Waals surface area contributed by atoms with Gasteiger partial charge in [0.1, 0.15) is 12.4 Å². The molecule has 0 aliphatic heterocycles. The molecular weight excluding hydrogens is 179 g/mol. The standard InChI is InChI=1S/C8H7FO2S/c9-4-5-1-2-6(8(11)12)7(10)3-5/h1-3,10H,4H2,(H,11,12). The van der Waals surface area contributed by atoms with Crippen LogP contribution in [0.4, 0.5) is 4.39 Å². The molecule has 0 fully saturated rings. The van der Waals surface area contributed by atoms with Crippen LogP contribution in [0.5, 0.6) is 5.75 Å². The molecule has 1 aromatic carbocycles. The van der Waals surface area contributed by atoms with E-state index < -0.39 is 11.7 Å². The molecule has 0 aliphatic rings. The van der Waals surface area contributed by atoms with Crippen molar-refractivity contribution >= 4 is 17.3 Å². The third-order valence-electron chi connectivity index (χ3n) is 1.45. The number of alkyl halides is 1. The molecule has 0 aliphatic carbocycles. The fraction of sp³-hybridized carbons (Fsp3) is 0.125. The first kappa shape index (κ1) is 8.93. The minimum absolute atomic E-state index is 0.155. The van der Waals surface area contributed by atoms with Gasteiger partial charge in [0, 0.05) is 0 Å². The second-order valence-electron chi connectivity index (χ2n) is 2.29. The van der Waals surface area contributed by atoms with Crippen LogP contribution in [-0.2, 0) is 6.67 Å². The Hall–Kier alpha value is -1.16. The molecule has 0 saturated carbocycles. The van der Waals surface area contributed by atoms with Crippen molar-refractivity contribution in [3.8, 4) is 5.75 Å². The van der Waals surface area contributed by atoms with E-state index in [2.05, 4.69) is 12.2 Å². The smallest absolute Gasteiger partial charge is 0.192 e. The summed E-state index contributed by atoms with van der Waals surface area (Å²) in [5.74, 6) is -0.197. The van der Waals surface area contributed by atoms with Crippen molar-refractivity contribution in [2.75, 3.05) is 0 Å². The highest BCUT2D eigenvalue weighted by atomic mass is 32.1. The van der Waals surface area contributed by atoms with Gasteiger partial charge in [0.15, 0.2) is 5.05 Å². The second kappa shape index (κ2) is 3.49. The van der Waals surface area contributed by atoms with E-state index in [9.17, 15) is 9.50 Å². The molecule has 1 aromatic rings. The molecule has 0 saturated heterocycles. The summed E-state index contributed by atoms with van der Waals surface area (Å²) in [5.41, 5.74) is 0.509. The minimum atomic E-state index is -0.647. The van der Waals surface area contributed by atoms with Crippen molar-refractivity contribution < 1.29 is 14.6 Å². The number of aliphatic hydroxyl groups excluding tert-OH is 1. The Balaban J connectivity index is 3.12. The van der Waals surface area contributed by atoms with Gasteiger partial charge in [0.05, 0.1) is 5.56 Å². The molecule has 0 radical (unpaired) electrons. The summed E-state index contributed by atoms with van der Waals surface area (Å²) in [6, 6.07) is 4.07. The normalized spacial score (nSPS) is 9.75. The molecule has 4 heteroatoms. The molecule has 1 rings (SSSR count). The van der Waals surface area contributed by atoms with Gasteiger partial charge in [-0.1, -0.05) is 6.07 Å². The van der Waals surface area contributed by atoms with Crippen LogP contribution < -0.4 is 0 Å². The summed E-state index contributed by atoms with van der Waals surface area (Å²) < 4.78 is 12.0. The van der Waals surface area contributed by atoms with Crippen LogP contribution in [0.2, 0.25) is 0 Å². The maximum atomic E-state index is 12.0. The van der Waals surface area contributed by atoms with Crippen molar-refractivity contribution in [2.45, 2.75) is 6.67 Å².